The lowest BCUT2D eigenvalue weighted by molar-refractivity contribution is 0.309. The number of benzene rings is 1. The van der Waals surface area contributed by atoms with Gasteiger partial charge >= 0.3 is 0 Å². The summed E-state index contributed by atoms with van der Waals surface area (Å²) < 4.78 is 5.85. The van der Waals surface area contributed by atoms with Gasteiger partial charge in [-0.1, -0.05) is 38.1 Å². The molecule has 3 heteroatoms. The molecule has 1 N–H and O–H groups in total. The van der Waals surface area contributed by atoms with Crippen LogP contribution >= 0.6 is 0 Å². The Kier molecular flexibility index (Phi) is 5.56. The van der Waals surface area contributed by atoms with Gasteiger partial charge in [-0.3, -0.25) is 4.98 Å². The molecule has 1 aromatic carbocycles. The fourth-order valence-electron chi connectivity index (χ4n) is 2.04. The lowest BCUT2D eigenvalue weighted by Crippen LogP contribution is -2.21. The van der Waals surface area contributed by atoms with Crippen molar-refractivity contribution in [3.05, 3.63) is 59.9 Å². The summed E-state index contributed by atoms with van der Waals surface area (Å²) in [5, 5.41) is 3.33. The predicted octanol–water partition coefficient (Wildman–Crippen LogP) is 3.37. The number of hydrogen-bond donors (Lipinski definition) is 1. The molecule has 0 atom stereocenters. The summed E-state index contributed by atoms with van der Waals surface area (Å²) in [6, 6.07) is 14.2. The zero-order chi connectivity index (χ0) is 14.2. The number of aromatic nitrogens is 1. The number of nitrogens with zero attached hydrogens (tertiary/aromatic N) is 1. The number of rotatable bonds is 7. The van der Waals surface area contributed by atoms with E-state index in [4.69, 9.17) is 4.74 Å². The van der Waals surface area contributed by atoms with Crippen molar-refractivity contribution in [2.45, 2.75) is 26.3 Å². The van der Waals surface area contributed by atoms with Crippen molar-refractivity contribution in [3.8, 4) is 5.75 Å². The molecule has 0 fully saturated rings. The van der Waals surface area contributed by atoms with Gasteiger partial charge in [-0.05, 0) is 29.7 Å². The summed E-state index contributed by atoms with van der Waals surface area (Å²) in [5.74, 6) is 1.47. The number of ether oxygens (including phenoxy) is 1. The normalized spacial score (nSPS) is 10.8. The van der Waals surface area contributed by atoms with Crippen LogP contribution < -0.4 is 10.1 Å². The molecule has 0 aliphatic heterocycles. The van der Waals surface area contributed by atoms with Crippen molar-refractivity contribution in [2.24, 2.45) is 0 Å². The Labute approximate surface area is 121 Å². The lowest BCUT2D eigenvalue weighted by Gasteiger charge is -2.14. The van der Waals surface area contributed by atoms with Crippen LogP contribution in [0, 0.1) is 0 Å². The molecule has 0 bridgehead atoms. The molecule has 2 rings (SSSR count). The molecule has 0 saturated carbocycles. The van der Waals surface area contributed by atoms with E-state index in [0.29, 0.717) is 12.5 Å². The first kappa shape index (κ1) is 14.5. The first-order valence-electron chi connectivity index (χ1n) is 7.09. The first-order chi connectivity index (χ1) is 9.77. The summed E-state index contributed by atoms with van der Waals surface area (Å²) >= 11 is 0. The fourth-order valence-corrected chi connectivity index (χ4v) is 2.04. The molecule has 0 spiro atoms. The highest BCUT2D eigenvalue weighted by molar-refractivity contribution is 5.35. The maximum atomic E-state index is 5.85. The maximum Gasteiger partial charge on any atom is 0.122 e. The van der Waals surface area contributed by atoms with Gasteiger partial charge in [0.15, 0.2) is 0 Å². The van der Waals surface area contributed by atoms with Crippen molar-refractivity contribution in [3.63, 3.8) is 0 Å². The second kappa shape index (κ2) is 7.65. The third-order valence-electron chi connectivity index (χ3n) is 3.11. The molecule has 106 valence electrons. The minimum atomic E-state index is 0.479. The quantitative estimate of drug-likeness (QED) is 0.783. The van der Waals surface area contributed by atoms with Crippen LogP contribution in [0.4, 0.5) is 0 Å². The average molecular weight is 270 g/mol. The average Bonchev–Trinajstić information content (AvgIpc) is 2.48. The Morgan fingerprint density at radius 2 is 1.90 bits per heavy atom. The van der Waals surface area contributed by atoms with Crippen LogP contribution in [0.3, 0.4) is 0 Å². The largest absolute Gasteiger partial charge is 0.492 e. The van der Waals surface area contributed by atoms with Crippen LogP contribution in [0.25, 0.3) is 0 Å². The summed E-state index contributed by atoms with van der Waals surface area (Å²) in [7, 11) is 0. The molecular formula is C17H22N2O. The molecule has 0 aliphatic rings. The smallest absolute Gasteiger partial charge is 0.122 e. The molecular weight excluding hydrogens is 248 g/mol. The van der Waals surface area contributed by atoms with Gasteiger partial charge in [0.1, 0.15) is 12.4 Å². The second-order valence-corrected chi connectivity index (χ2v) is 5.04. The Morgan fingerprint density at radius 3 is 2.65 bits per heavy atom. The molecule has 3 nitrogen and oxygen atoms in total. The van der Waals surface area contributed by atoms with Crippen LogP contribution in [0.1, 0.15) is 31.0 Å². The number of nitrogens with one attached hydrogen (secondary N) is 1. The van der Waals surface area contributed by atoms with Crippen LogP contribution in [0.5, 0.6) is 5.75 Å². The van der Waals surface area contributed by atoms with Crippen molar-refractivity contribution < 1.29 is 4.74 Å². The zero-order valence-electron chi connectivity index (χ0n) is 12.2. The third kappa shape index (κ3) is 4.35. The molecule has 0 radical (unpaired) electrons. The molecule has 20 heavy (non-hydrogen) atoms. The van der Waals surface area contributed by atoms with Gasteiger partial charge in [0, 0.05) is 19.3 Å². The van der Waals surface area contributed by atoms with Crippen LogP contribution in [-0.2, 0) is 6.54 Å². The van der Waals surface area contributed by atoms with E-state index in [1.165, 1.54) is 5.56 Å². The summed E-state index contributed by atoms with van der Waals surface area (Å²) in [6.45, 7) is 6.61. The van der Waals surface area contributed by atoms with Gasteiger partial charge in [-0.15, -0.1) is 0 Å². The fraction of sp³-hybridized carbons (Fsp3) is 0.353. The van der Waals surface area contributed by atoms with E-state index in [1.54, 1.807) is 0 Å². The Hall–Kier alpha value is -1.87. The lowest BCUT2D eigenvalue weighted by atomic mass is 10.0. The van der Waals surface area contributed by atoms with Crippen molar-refractivity contribution in [1.82, 2.24) is 10.3 Å². The zero-order valence-corrected chi connectivity index (χ0v) is 12.2. The van der Waals surface area contributed by atoms with Gasteiger partial charge in [-0.25, -0.2) is 0 Å². The molecule has 0 saturated heterocycles. The molecule has 1 heterocycles. The monoisotopic (exact) mass is 270 g/mol. The molecule has 2 aromatic rings. The summed E-state index contributed by atoms with van der Waals surface area (Å²) in [5.41, 5.74) is 2.31. The van der Waals surface area contributed by atoms with E-state index < -0.39 is 0 Å². The van der Waals surface area contributed by atoms with E-state index in [9.17, 15) is 0 Å². The summed E-state index contributed by atoms with van der Waals surface area (Å²) in [6.07, 6.45) is 1.81. The van der Waals surface area contributed by atoms with Crippen molar-refractivity contribution >= 4 is 0 Å². The summed E-state index contributed by atoms with van der Waals surface area (Å²) in [4.78, 5) is 4.27. The topological polar surface area (TPSA) is 34.1 Å². The van der Waals surface area contributed by atoms with Gasteiger partial charge in [0.2, 0.25) is 0 Å². The minimum Gasteiger partial charge on any atom is -0.492 e. The van der Waals surface area contributed by atoms with Gasteiger partial charge in [-0.2, -0.15) is 0 Å². The molecule has 0 aliphatic carbocycles. The molecule has 1 aromatic heterocycles. The second-order valence-electron chi connectivity index (χ2n) is 5.04. The number of hydrogen-bond acceptors (Lipinski definition) is 3. The standard InChI is InChI=1S/C17H22N2O/c1-14(2)16-8-3-4-9-17(16)20-12-11-18-13-15-7-5-6-10-19-15/h3-10,14,18H,11-13H2,1-2H3. The Bertz CT molecular complexity index is 511. The van der Waals surface area contributed by atoms with E-state index in [-0.39, 0.29) is 0 Å². The maximum absolute atomic E-state index is 5.85. The van der Waals surface area contributed by atoms with E-state index in [0.717, 1.165) is 24.5 Å². The number of para-hydroxylation sites is 1. The highest BCUT2D eigenvalue weighted by atomic mass is 16.5. The van der Waals surface area contributed by atoms with Crippen molar-refractivity contribution in [1.29, 1.82) is 0 Å². The minimum absolute atomic E-state index is 0.479. The van der Waals surface area contributed by atoms with Crippen LogP contribution in [0.2, 0.25) is 0 Å². The van der Waals surface area contributed by atoms with Crippen molar-refractivity contribution in [2.75, 3.05) is 13.2 Å². The predicted molar refractivity (Wildman–Crippen MR) is 82.0 cm³/mol. The highest BCUT2D eigenvalue weighted by Crippen LogP contribution is 2.25. The SMILES string of the molecule is CC(C)c1ccccc1OCCNCc1ccccn1. The van der Waals surface area contributed by atoms with Crippen LogP contribution in [-0.4, -0.2) is 18.1 Å². The van der Waals surface area contributed by atoms with Gasteiger partial charge < -0.3 is 10.1 Å². The van der Waals surface area contributed by atoms with E-state index in [1.807, 2.05) is 36.5 Å². The van der Waals surface area contributed by atoms with Gasteiger partial charge in [0.25, 0.3) is 0 Å². The Morgan fingerprint density at radius 1 is 1.10 bits per heavy atom. The van der Waals surface area contributed by atoms with Crippen LogP contribution in [0.15, 0.2) is 48.7 Å². The van der Waals surface area contributed by atoms with E-state index >= 15 is 0 Å². The first-order valence-corrected chi connectivity index (χ1v) is 7.09. The van der Waals surface area contributed by atoms with Gasteiger partial charge in [0.05, 0.1) is 5.69 Å². The third-order valence-corrected chi connectivity index (χ3v) is 3.11. The Balaban J connectivity index is 1.74. The molecule has 0 amide bonds. The van der Waals surface area contributed by atoms with E-state index in [2.05, 4.69) is 36.3 Å². The number of pyridine rings is 1. The highest BCUT2D eigenvalue weighted by Gasteiger charge is 2.06. The molecule has 0 unspecified atom stereocenters.